The molecule has 0 fully saturated rings. The van der Waals surface area contributed by atoms with Crippen molar-refractivity contribution in [3.63, 3.8) is 0 Å². The van der Waals surface area contributed by atoms with Gasteiger partial charge in [0.15, 0.2) is 0 Å². The normalized spacial score (nSPS) is 9.67. The molecule has 1 rings (SSSR count). The summed E-state index contributed by atoms with van der Waals surface area (Å²) in [6.07, 6.45) is 1.44. The van der Waals surface area contributed by atoms with Crippen LogP contribution < -0.4 is 0 Å². The van der Waals surface area contributed by atoms with E-state index in [4.69, 9.17) is 9.84 Å². The Hall–Kier alpha value is -1.81. The third-order valence-electron chi connectivity index (χ3n) is 1.80. The van der Waals surface area contributed by atoms with Crippen LogP contribution in [0.1, 0.15) is 15.9 Å². The molecule has 0 unspecified atom stereocenters. The molecule has 0 bridgehead atoms. The fraction of sp³-hybridized carbons (Fsp3) is 0.182. The van der Waals surface area contributed by atoms with Gasteiger partial charge in [-0.3, -0.25) is 0 Å². The number of rotatable bonds is 4. The van der Waals surface area contributed by atoms with Crippen LogP contribution in [-0.2, 0) is 11.3 Å². The first kappa shape index (κ1) is 11.3. The van der Waals surface area contributed by atoms with Crippen LogP contribution in [0.15, 0.2) is 30.9 Å². The third kappa shape index (κ3) is 2.82. The Morgan fingerprint density at radius 3 is 2.80 bits per heavy atom. The number of hydrogen-bond acceptors (Lipinski definition) is 4. The van der Waals surface area contributed by atoms with Crippen molar-refractivity contribution in [3.8, 4) is 5.75 Å². The average Bonchev–Trinajstić information content (AvgIpc) is 2.25. The number of phenolic OH excluding ortho intramolecular Hbond substituents is 1. The zero-order valence-electron chi connectivity index (χ0n) is 8.14. The van der Waals surface area contributed by atoms with E-state index in [2.05, 4.69) is 6.58 Å². The van der Waals surface area contributed by atoms with E-state index in [0.29, 0.717) is 5.56 Å². The molecule has 0 amide bonds. The molecular formula is C11H12O4. The Bertz CT molecular complexity index is 371. The Morgan fingerprint density at radius 2 is 2.27 bits per heavy atom. The quantitative estimate of drug-likeness (QED) is 0.577. The summed E-state index contributed by atoms with van der Waals surface area (Å²) in [5.41, 5.74) is 0.613. The van der Waals surface area contributed by atoms with Gasteiger partial charge in [-0.05, 0) is 17.7 Å². The van der Waals surface area contributed by atoms with E-state index in [0.717, 1.165) is 0 Å². The maximum absolute atomic E-state index is 11.3. The van der Waals surface area contributed by atoms with E-state index in [1.807, 2.05) is 0 Å². The highest BCUT2D eigenvalue weighted by Gasteiger charge is 2.12. The molecule has 0 aliphatic heterocycles. The van der Waals surface area contributed by atoms with Gasteiger partial charge >= 0.3 is 5.97 Å². The van der Waals surface area contributed by atoms with E-state index >= 15 is 0 Å². The first-order valence-electron chi connectivity index (χ1n) is 4.39. The number of ether oxygens (including phenoxy) is 1. The maximum atomic E-state index is 11.3. The Labute approximate surface area is 87.4 Å². The standard InChI is InChI=1S/C11H12O4/c1-2-5-15-11(14)9-4-3-8(7-12)6-10(9)13/h2-4,6,12-13H,1,5,7H2. The molecule has 0 radical (unpaired) electrons. The molecule has 0 saturated carbocycles. The zero-order valence-corrected chi connectivity index (χ0v) is 8.14. The minimum Gasteiger partial charge on any atom is -0.507 e. The lowest BCUT2D eigenvalue weighted by molar-refractivity contribution is 0.0546. The van der Waals surface area contributed by atoms with E-state index in [9.17, 15) is 9.90 Å². The molecule has 0 heterocycles. The number of hydrogen-bond donors (Lipinski definition) is 2. The number of carbonyl (C=O) groups excluding carboxylic acids is 1. The van der Waals surface area contributed by atoms with E-state index in [1.54, 1.807) is 6.07 Å². The van der Waals surface area contributed by atoms with Crippen LogP contribution in [0.5, 0.6) is 5.75 Å². The van der Waals surface area contributed by atoms with Crippen molar-refractivity contribution in [1.82, 2.24) is 0 Å². The highest BCUT2D eigenvalue weighted by atomic mass is 16.5. The van der Waals surface area contributed by atoms with Crippen LogP contribution in [0, 0.1) is 0 Å². The second-order valence-electron chi connectivity index (χ2n) is 2.90. The molecule has 1 aromatic carbocycles. The highest BCUT2D eigenvalue weighted by Crippen LogP contribution is 2.19. The van der Waals surface area contributed by atoms with Gasteiger partial charge in [0.1, 0.15) is 17.9 Å². The molecule has 0 aliphatic carbocycles. The van der Waals surface area contributed by atoms with Crippen LogP contribution >= 0.6 is 0 Å². The predicted molar refractivity (Wildman–Crippen MR) is 54.5 cm³/mol. The van der Waals surface area contributed by atoms with Gasteiger partial charge in [-0.15, -0.1) is 0 Å². The zero-order chi connectivity index (χ0) is 11.3. The Morgan fingerprint density at radius 1 is 1.53 bits per heavy atom. The number of aliphatic hydroxyl groups is 1. The molecule has 0 spiro atoms. The van der Waals surface area contributed by atoms with Gasteiger partial charge in [0.25, 0.3) is 0 Å². The molecule has 0 aromatic heterocycles. The second-order valence-corrected chi connectivity index (χ2v) is 2.90. The van der Waals surface area contributed by atoms with Crippen molar-refractivity contribution < 1.29 is 19.7 Å². The first-order chi connectivity index (χ1) is 7.19. The summed E-state index contributed by atoms with van der Waals surface area (Å²) in [5.74, 6) is -0.812. The lowest BCUT2D eigenvalue weighted by Gasteiger charge is -2.05. The monoisotopic (exact) mass is 208 g/mol. The van der Waals surface area contributed by atoms with Crippen molar-refractivity contribution in [2.75, 3.05) is 6.61 Å². The molecule has 0 atom stereocenters. The average molecular weight is 208 g/mol. The summed E-state index contributed by atoms with van der Waals surface area (Å²) >= 11 is 0. The van der Waals surface area contributed by atoms with Crippen LogP contribution in [0.25, 0.3) is 0 Å². The number of benzene rings is 1. The molecule has 80 valence electrons. The summed E-state index contributed by atoms with van der Waals surface area (Å²) in [4.78, 5) is 11.3. The van der Waals surface area contributed by atoms with E-state index in [1.165, 1.54) is 18.2 Å². The molecule has 0 aliphatic rings. The Kier molecular flexibility index (Phi) is 3.88. The summed E-state index contributed by atoms with van der Waals surface area (Å²) in [5, 5.41) is 18.2. The smallest absolute Gasteiger partial charge is 0.342 e. The van der Waals surface area contributed by atoms with Crippen molar-refractivity contribution in [1.29, 1.82) is 0 Å². The van der Waals surface area contributed by atoms with Gasteiger partial charge in [0.2, 0.25) is 0 Å². The SMILES string of the molecule is C=CCOC(=O)c1ccc(CO)cc1O. The predicted octanol–water partition coefficient (Wildman–Crippen LogP) is 1.23. The van der Waals surface area contributed by atoms with Gasteiger partial charge < -0.3 is 14.9 Å². The van der Waals surface area contributed by atoms with Crippen LogP contribution in [0.3, 0.4) is 0 Å². The van der Waals surface area contributed by atoms with Gasteiger partial charge in [-0.25, -0.2) is 4.79 Å². The Balaban J connectivity index is 2.85. The van der Waals surface area contributed by atoms with Gasteiger partial charge in [-0.2, -0.15) is 0 Å². The van der Waals surface area contributed by atoms with Crippen molar-refractivity contribution >= 4 is 5.97 Å². The van der Waals surface area contributed by atoms with Crippen LogP contribution in [0.4, 0.5) is 0 Å². The molecule has 2 N–H and O–H groups in total. The highest BCUT2D eigenvalue weighted by molar-refractivity contribution is 5.92. The molecule has 0 saturated heterocycles. The second kappa shape index (κ2) is 5.17. The number of aromatic hydroxyl groups is 1. The van der Waals surface area contributed by atoms with E-state index < -0.39 is 5.97 Å². The van der Waals surface area contributed by atoms with Crippen LogP contribution in [-0.4, -0.2) is 22.8 Å². The maximum Gasteiger partial charge on any atom is 0.342 e. The van der Waals surface area contributed by atoms with E-state index in [-0.39, 0.29) is 24.5 Å². The minimum absolute atomic E-state index is 0.0778. The number of phenols is 1. The van der Waals surface area contributed by atoms with Crippen molar-refractivity contribution in [3.05, 3.63) is 42.0 Å². The van der Waals surface area contributed by atoms with Crippen molar-refractivity contribution in [2.45, 2.75) is 6.61 Å². The fourth-order valence-electron chi connectivity index (χ4n) is 1.06. The minimum atomic E-state index is -0.614. The summed E-state index contributed by atoms with van der Waals surface area (Å²) in [6.45, 7) is 3.32. The van der Waals surface area contributed by atoms with Crippen LogP contribution in [0.2, 0.25) is 0 Å². The third-order valence-corrected chi connectivity index (χ3v) is 1.80. The number of carbonyl (C=O) groups is 1. The molecular weight excluding hydrogens is 196 g/mol. The molecule has 1 aromatic rings. The van der Waals surface area contributed by atoms with Crippen molar-refractivity contribution in [2.24, 2.45) is 0 Å². The first-order valence-corrected chi connectivity index (χ1v) is 4.39. The van der Waals surface area contributed by atoms with Gasteiger partial charge in [-0.1, -0.05) is 18.7 Å². The summed E-state index contributed by atoms with van der Waals surface area (Å²) < 4.78 is 4.75. The summed E-state index contributed by atoms with van der Waals surface area (Å²) in [6, 6.07) is 4.28. The fourth-order valence-corrected chi connectivity index (χ4v) is 1.06. The molecule has 4 heteroatoms. The topological polar surface area (TPSA) is 66.8 Å². The van der Waals surface area contributed by atoms with Gasteiger partial charge in [0.05, 0.1) is 6.61 Å². The summed E-state index contributed by atoms with van der Waals surface area (Å²) in [7, 11) is 0. The lowest BCUT2D eigenvalue weighted by atomic mass is 10.1. The number of esters is 1. The lowest BCUT2D eigenvalue weighted by Crippen LogP contribution is -2.05. The van der Waals surface area contributed by atoms with Gasteiger partial charge in [0, 0.05) is 0 Å². The number of aliphatic hydroxyl groups excluding tert-OH is 1. The molecule has 15 heavy (non-hydrogen) atoms. The molecule has 4 nitrogen and oxygen atoms in total. The largest absolute Gasteiger partial charge is 0.507 e.